The molecule has 1 heterocycles. The number of benzene rings is 1. The number of halogens is 3. The molecule has 0 fully saturated rings. The van der Waals surface area contributed by atoms with E-state index in [1.807, 2.05) is 17.5 Å². The van der Waals surface area contributed by atoms with Gasteiger partial charge in [0.25, 0.3) is 0 Å². The van der Waals surface area contributed by atoms with Gasteiger partial charge >= 0.3 is 0 Å². The molecule has 0 spiro atoms. The third kappa shape index (κ3) is 3.45. The summed E-state index contributed by atoms with van der Waals surface area (Å²) >= 11 is 8.62. The third-order valence-corrected chi connectivity index (χ3v) is 5.42. The van der Waals surface area contributed by atoms with E-state index in [9.17, 15) is 4.39 Å². The van der Waals surface area contributed by atoms with Gasteiger partial charge in [-0.05, 0) is 52.5 Å². The largest absolute Gasteiger partial charge is 0.305 e. The second-order valence-corrected chi connectivity index (χ2v) is 6.81. The van der Waals surface area contributed by atoms with Gasteiger partial charge in [-0.25, -0.2) is 4.39 Å². The van der Waals surface area contributed by atoms with Gasteiger partial charge < -0.3 is 5.32 Å². The van der Waals surface area contributed by atoms with Crippen LogP contribution in [-0.4, -0.2) is 6.54 Å². The van der Waals surface area contributed by atoms with E-state index in [4.69, 9.17) is 0 Å². The molecule has 1 aromatic heterocycles. The Balaban J connectivity index is 2.46. The summed E-state index contributed by atoms with van der Waals surface area (Å²) in [4.78, 5) is 1.10. The molecule has 102 valence electrons. The molecule has 19 heavy (non-hydrogen) atoms. The van der Waals surface area contributed by atoms with Crippen molar-refractivity contribution in [1.29, 1.82) is 0 Å². The smallest absolute Gasteiger partial charge is 0.129 e. The summed E-state index contributed by atoms with van der Waals surface area (Å²) in [5.41, 5.74) is 0.666. The van der Waals surface area contributed by atoms with Gasteiger partial charge in [0, 0.05) is 19.4 Å². The average Bonchev–Trinajstić information content (AvgIpc) is 2.79. The molecular weight excluding hydrogens is 393 g/mol. The minimum atomic E-state index is -0.191. The Morgan fingerprint density at radius 2 is 2.05 bits per heavy atom. The second-order valence-electron chi connectivity index (χ2n) is 4.16. The van der Waals surface area contributed by atoms with Crippen LogP contribution in [0.2, 0.25) is 0 Å². The molecule has 1 nitrogen and oxygen atoms in total. The molecule has 2 rings (SSSR count). The van der Waals surface area contributed by atoms with Crippen LogP contribution >= 0.6 is 43.2 Å². The lowest BCUT2D eigenvalue weighted by Gasteiger charge is -2.20. The van der Waals surface area contributed by atoms with Crippen molar-refractivity contribution in [2.75, 3.05) is 6.54 Å². The van der Waals surface area contributed by atoms with E-state index >= 15 is 0 Å². The number of thiophene rings is 1. The number of hydrogen-bond donors (Lipinski definition) is 1. The highest BCUT2D eigenvalue weighted by molar-refractivity contribution is 9.10. The zero-order valence-corrected chi connectivity index (χ0v) is 14.4. The van der Waals surface area contributed by atoms with Crippen molar-refractivity contribution in [1.82, 2.24) is 5.32 Å². The van der Waals surface area contributed by atoms with Crippen molar-refractivity contribution in [3.63, 3.8) is 0 Å². The van der Waals surface area contributed by atoms with Crippen LogP contribution in [0.1, 0.15) is 29.8 Å². The predicted octanol–water partition coefficient (Wildman–Crippen LogP) is 5.50. The van der Waals surface area contributed by atoms with Crippen LogP contribution in [0, 0.1) is 5.82 Å². The maximum Gasteiger partial charge on any atom is 0.129 e. The second kappa shape index (κ2) is 6.97. The molecule has 0 aliphatic carbocycles. The standard InChI is InChI=1S/C14H14Br2FNS/c1-2-7-18-13(14-10(16)6-8-19-14)12-9(15)4-3-5-11(12)17/h3-6,8,13,18H,2,7H2,1H3. The molecule has 0 saturated carbocycles. The van der Waals surface area contributed by atoms with Gasteiger partial charge in [-0.3, -0.25) is 0 Å². The average molecular weight is 407 g/mol. The molecule has 1 N–H and O–H groups in total. The Bertz CT molecular complexity index is 536. The molecule has 0 bridgehead atoms. The summed E-state index contributed by atoms with van der Waals surface area (Å²) in [5.74, 6) is -0.191. The van der Waals surface area contributed by atoms with Gasteiger partial charge in [-0.1, -0.05) is 28.9 Å². The summed E-state index contributed by atoms with van der Waals surface area (Å²) in [6.45, 7) is 2.94. The molecule has 0 aliphatic rings. The fourth-order valence-corrected chi connectivity index (χ4v) is 4.17. The van der Waals surface area contributed by atoms with E-state index in [0.29, 0.717) is 5.56 Å². The lowest BCUT2D eigenvalue weighted by molar-refractivity contribution is 0.548. The van der Waals surface area contributed by atoms with E-state index in [0.717, 1.165) is 26.8 Å². The van der Waals surface area contributed by atoms with Crippen LogP contribution in [0.3, 0.4) is 0 Å². The third-order valence-electron chi connectivity index (χ3n) is 2.79. The highest BCUT2D eigenvalue weighted by Crippen LogP contribution is 2.37. The van der Waals surface area contributed by atoms with E-state index in [1.165, 1.54) is 6.07 Å². The number of hydrogen-bond acceptors (Lipinski definition) is 2. The van der Waals surface area contributed by atoms with Crippen LogP contribution < -0.4 is 5.32 Å². The SMILES string of the molecule is CCCNC(c1sccc1Br)c1c(F)cccc1Br. The summed E-state index contributed by atoms with van der Waals surface area (Å²) in [6, 6.07) is 6.95. The molecule has 0 saturated heterocycles. The van der Waals surface area contributed by atoms with Crippen molar-refractivity contribution < 1.29 is 4.39 Å². The van der Waals surface area contributed by atoms with E-state index in [2.05, 4.69) is 44.1 Å². The fourth-order valence-electron chi connectivity index (χ4n) is 1.91. The normalized spacial score (nSPS) is 12.6. The van der Waals surface area contributed by atoms with Crippen LogP contribution in [0.4, 0.5) is 4.39 Å². The molecule has 1 unspecified atom stereocenters. The van der Waals surface area contributed by atoms with Crippen LogP contribution in [0.25, 0.3) is 0 Å². The van der Waals surface area contributed by atoms with E-state index in [-0.39, 0.29) is 11.9 Å². The minimum absolute atomic E-state index is 0.134. The molecule has 0 amide bonds. The van der Waals surface area contributed by atoms with Crippen molar-refractivity contribution in [2.45, 2.75) is 19.4 Å². The summed E-state index contributed by atoms with van der Waals surface area (Å²) < 4.78 is 16.0. The lowest BCUT2D eigenvalue weighted by Crippen LogP contribution is -2.24. The van der Waals surface area contributed by atoms with E-state index < -0.39 is 0 Å². The quantitative estimate of drug-likeness (QED) is 0.690. The fraction of sp³-hybridized carbons (Fsp3) is 0.286. The van der Waals surface area contributed by atoms with Gasteiger partial charge in [-0.15, -0.1) is 11.3 Å². The zero-order valence-electron chi connectivity index (χ0n) is 10.4. The first-order valence-electron chi connectivity index (χ1n) is 6.05. The highest BCUT2D eigenvalue weighted by atomic mass is 79.9. The lowest BCUT2D eigenvalue weighted by atomic mass is 10.0. The van der Waals surface area contributed by atoms with Crippen molar-refractivity contribution >= 4 is 43.2 Å². The molecule has 1 aromatic carbocycles. The van der Waals surface area contributed by atoms with Gasteiger partial charge in [0.2, 0.25) is 0 Å². The number of nitrogens with one attached hydrogen (secondary N) is 1. The molecule has 0 aliphatic heterocycles. The van der Waals surface area contributed by atoms with Crippen molar-refractivity contribution in [3.8, 4) is 0 Å². The van der Waals surface area contributed by atoms with Gasteiger partial charge in [0.05, 0.1) is 6.04 Å². The topological polar surface area (TPSA) is 12.0 Å². The molecule has 2 aromatic rings. The maximum atomic E-state index is 14.2. The van der Waals surface area contributed by atoms with Gasteiger partial charge in [-0.2, -0.15) is 0 Å². The van der Waals surface area contributed by atoms with Crippen molar-refractivity contribution in [3.05, 3.63) is 54.8 Å². The molecule has 5 heteroatoms. The van der Waals surface area contributed by atoms with Gasteiger partial charge in [0.15, 0.2) is 0 Å². The first-order chi connectivity index (χ1) is 9.15. The van der Waals surface area contributed by atoms with Crippen LogP contribution in [0.15, 0.2) is 38.6 Å². The van der Waals surface area contributed by atoms with E-state index in [1.54, 1.807) is 17.4 Å². The predicted molar refractivity (Wildman–Crippen MR) is 86.3 cm³/mol. The summed E-state index contributed by atoms with van der Waals surface area (Å²) in [6.07, 6.45) is 1.01. The van der Waals surface area contributed by atoms with Gasteiger partial charge in [0.1, 0.15) is 5.82 Å². The van der Waals surface area contributed by atoms with Crippen molar-refractivity contribution in [2.24, 2.45) is 0 Å². The Morgan fingerprint density at radius 3 is 2.63 bits per heavy atom. The Hall–Kier alpha value is -0.230. The summed E-state index contributed by atoms with van der Waals surface area (Å²) in [7, 11) is 0. The number of rotatable bonds is 5. The Morgan fingerprint density at radius 1 is 1.26 bits per heavy atom. The van der Waals surface area contributed by atoms with Crippen LogP contribution in [-0.2, 0) is 0 Å². The molecular formula is C14H14Br2FNS. The minimum Gasteiger partial charge on any atom is -0.305 e. The molecule has 1 atom stereocenters. The monoisotopic (exact) mass is 405 g/mol. The zero-order chi connectivity index (χ0) is 13.8. The highest BCUT2D eigenvalue weighted by Gasteiger charge is 2.22. The maximum absolute atomic E-state index is 14.2. The first-order valence-corrected chi connectivity index (χ1v) is 8.52. The first kappa shape index (κ1) is 15.2. The Kier molecular flexibility index (Phi) is 5.57. The van der Waals surface area contributed by atoms with Crippen LogP contribution in [0.5, 0.6) is 0 Å². The Labute approximate surface area is 133 Å². The molecule has 0 radical (unpaired) electrons. The summed E-state index contributed by atoms with van der Waals surface area (Å²) in [5, 5.41) is 5.43.